The molecule has 0 amide bonds. The smallest absolute Gasteiger partial charge is 0.310 e. The average molecular weight is 291 g/mol. The van der Waals surface area contributed by atoms with Crippen molar-refractivity contribution in [3.8, 4) is 0 Å². The number of rotatable bonds is 6. The first-order chi connectivity index (χ1) is 7.94. The molecule has 0 spiro atoms. The predicted molar refractivity (Wildman–Crippen MR) is 83.0 cm³/mol. The summed E-state index contributed by atoms with van der Waals surface area (Å²) >= 11 is 0. The van der Waals surface area contributed by atoms with Gasteiger partial charge in [-0.1, -0.05) is 39.0 Å². The van der Waals surface area contributed by atoms with Crippen LogP contribution in [0.2, 0.25) is 37.8 Å². The summed E-state index contributed by atoms with van der Waals surface area (Å²) in [5.74, 6) is 0. The van der Waals surface area contributed by atoms with E-state index in [0.29, 0.717) is 0 Å². The van der Waals surface area contributed by atoms with Crippen LogP contribution in [0.25, 0.3) is 0 Å². The lowest BCUT2D eigenvalue weighted by atomic mass is 10.0. The van der Waals surface area contributed by atoms with Gasteiger partial charge >= 0.3 is 8.56 Å². The Labute approximate surface area is 112 Å². The highest BCUT2D eigenvalue weighted by Gasteiger charge is 2.33. The van der Waals surface area contributed by atoms with E-state index in [1.807, 2.05) is 0 Å². The van der Waals surface area contributed by atoms with E-state index in [0.717, 1.165) is 5.54 Å². The van der Waals surface area contributed by atoms with Crippen LogP contribution in [0, 0.1) is 0 Å². The summed E-state index contributed by atoms with van der Waals surface area (Å²) in [4.78, 5) is 0. The molecule has 17 heavy (non-hydrogen) atoms. The molecule has 0 radical (unpaired) electrons. The Morgan fingerprint density at radius 2 is 1.65 bits per heavy atom. The SMILES string of the molecule is CC[SiH](O[Si](C)(C)O[SiH](C)C)C1CCCCC1. The van der Waals surface area contributed by atoms with Crippen LogP contribution in [0.1, 0.15) is 39.0 Å². The van der Waals surface area contributed by atoms with Crippen LogP contribution in [0.4, 0.5) is 0 Å². The lowest BCUT2D eigenvalue weighted by Gasteiger charge is -2.35. The molecule has 1 rings (SSSR count). The Morgan fingerprint density at radius 3 is 2.12 bits per heavy atom. The lowest BCUT2D eigenvalue weighted by molar-refractivity contribution is 0.385. The standard InChI is InChI=1S/C12H30O2Si3/c1-6-16(12-10-8-7-9-11-12)14-17(4,5)13-15(2)3/h12,15-16H,6-11H2,1-5H3. The highest BCUT2D eigenvalue weighted by atomic mass is 28.5. The predicted octanol–water partition coefficient (Wildman–Crippen LogP) is 3.78. The maximum atomic E-state index is 6.53. The van der Waals surface area contributed by atoms with Gasteiger partial charge in [0.1, 0.15) is 0 Å². The molecule has 5 heteroatoms. The van der Waals surface area contributed by atoms with Gasteiger partial charge in [0, 0.05) is 0 Å². The van der Waals surface area contributed by atoms with Gasteiger partial charge < -0.3 is 8.23 Å². The molecule has 0 N–H and O–H groups in total. The van der Waals surface area contributed by atoms with Crippen molar-refractivity contribution < 1.29 is 8.23 Å². The molecule has 0 bridgehead atoms. The summed E-state index contributed by atoms with van der Waals surface area (Å²) in [6.45, 7) is 11.3. The molecule has 1 unspecified atom stereocenters. The molecule has 0 heterocycles. The Morgan fingerprint density at radius 1 is 1.06 bits per heavy atom. The van der Waals surface area contributed by atoms with E-state index in [-0.39, 0.29) is 0 Å². The topological polar surface area (TPSA) is 18.5 Å². The monoisotopic (exact) mass is 290 g/mol. The van der Waals surface area contributed by atoms with Crippen LogP contribution in [0.5, 0.6) is 0 Å². The van der Waals surface area contributed by atoms with E-state index in [2.05, 4.69) is 33.1 Å². The fourth-order valence-electron chi connectivity index (χ4n) is 2.98. The van der Waals surface area contributed by atoms with Crippen molar-refractivity contribution in [1.29, 1.82) is 0 Å². The zero-order chi connectivity index (χ0) is 12.9. The third kappa shape index (κ3) is 5.83. The molecule has 2 nitrogen and oxygen atoms in total. The average Bonchev–Trinajstić information content (AvgIpc) is 2.25. The van der Waals surface area contributed by atoms with Gasteiger partial charge in [-0.2, -0.15) is 0 Å². The van der Waals surface area contributed by atoms with Crippen molar-refractivity contribution in [2.24, 2.45) is 0 Å². The molecule has 1 atom stereocenters. The van der Waals surface area contributed by atoms with E-state index in [9.17, 15) is 0 Å². The minimum Gasteiger partial charge on any atom is -0.440 e. The molecule has 0 aliphatic heterocycles. The summed E-state index contributed by atoms with van der Waals surface area (Å²) in [5, 5.41) is 0. The van der Waals surface area contributed by atoms with E-state index >= 15 is 0 Å². The van der Waals surface area contributed by atoms with Crippen LogP contribution in [-0.2, 0) is 8.23 Å². The second-order valence-corrected chi connectivity index (χ2v) is 15.6. The first kappa shape index (κ1) is 15.6. The molecule has 0 aromatic rings. The van der Waals surface area contributed by atoms with Crippen molar-refractivity contribution in [2.75, 3.05) is 0 Å². The highest BCUT2D eigenvalue weighted by Crippen LogP contribution is 2.34. The van der Waals surface area contributed by atoms with Crippen molar-refractivity contribution >= 4 is 26.6 Å². The van der Waals surface area contributed by atoms with Crippen LogP contribution in [-0.4, -0.2) is 26.6 Å². The largest absolute Gasteiger partial charge is 0.440 e. The summed E-state index contributed by atoms with van der Waals surface area (Å²) in [6.07, 6.45) is 7.15. The molecule has 0 saturated heterocycles. The summed E-state index contributed by atoms with van der Waals surface area (Å²) < 4.78 is 12.7. The van der Waals surface area contributed by atoms with Gasteiger partial charge in [0.2, 0.25) is 0 Å². The van der Waals surface area contributed by atoms with E-state index < -0.39 is 26.6 Å². The van der Waals surface area contributed by atoms with Crippen molar-refractivity contribution in [1.82, 2.24) is 0 Å². The third-order valence-corrected chi connectivity index (χ3v) is 13.7. The van der Waals surface area contributed by atoms with Crippen molar-refractivity contribution in [3.63, 3.8) is 0 Å². The minimum atomic E-state index is -1.81. The zero-order valence-corrected chi connectivity index (χ0v) is 15.6. The molecule has 102 valence electrons. The first-order valence-electron chi connectivity index (χ1n) is 7.30. The van der Waals surface area contributed by atoms with E-state index in [1.54, 1.807) is 0 Å². The van der Waals surface area contributed by atoms with Gasteiger partial charge in [-0.25, -0.2) is 0 Å². The highest BCUT2D eigenvalue weighted by molar-refractivity contribution is 6.78. The first-order valence-corrected chi connectivity index (χ1v) is 14.9. The molecule has 1 aliphatic carbocycles. The third-order valence-electron chi connectivity index (χ3n) is 3.53. The number of hydrogen-bond acceptors (Lipinski definition) is 2. The van der Waals surface area contributed by atoms with Gasteiger partial charge in [0.05, 0.1) is 0 Å². The molecular formula is C12H30O2Si3. The van der Waals surface area contributed by atoms with Crippen LogP contribution in [0.15, 0.2) is 0 Å². The van der Waals surface area contributed by atoms with E-state index in [4.69, 9.17) is 8.23 Å². The zero-order valence-electron chi connectivity index (χ0n) is 12.3. The molecule has 1 aliphatic rings. The molecule has 0 aromatic carbocycles. The fourth-order valence-corrected chi connectivity index (χ4v) is 14.5. The summed E-state index contributed by atoms with van der Waals surface area (Å²) in [5.41, 5.74) is 0.929. The second-order valence-electron chi connectivity index (χ2n) is 6.03. The van der Waals surface area contributed by atoms with Crippen LogP contribution in [0.3, 0.4) is 0 Å². The van der Waals surface area contributed by atoms with Crippen molar-refractivity contribution in [2.45, 2.75) is 76.8 Å². The minimum absolute atomic E-state index is 0.929. The van der Waals surface area contributed by atoms with E-state index in [1.165, 1.54) is 38.1 Å². The lowest BCUT2D eigenvalue weighted by Crippen LogP contribution is -2.45. The van der Waals surface area contributed by atoms with Gasteiger partial charge in [0.15, 0.2) is 18.1 Å². The summed E-state index contributed by atoms with van der Waals surface area (Å²) in [7, 11) is -3.78. The Hall–Kier alpha value is 0.571. The number of hydrogen-bond donors (Lipinski definition) is 0. The fraction of sp³-hybridized carbons (Fsp3) is 1.00. The Kier molecular flexibility index (Phi) is 6.65. The van der Waals surface area contributed by atoms with Crippen molar-refractivity contribution in [3.05, 3.63) is 0 Å². The van der Waals surface area contributed by atoms with Crippen LogP contribution < -0.4 is 0 Å². The maximum Gasteiger partial charge on any atom is 0.310 e. The van der Waals surface area contributed by atoms with Gasteiger partial charge in [-0.3, -0.25) is 0 Å². The maximum absolute atomic E-state index is 6.53. The Bertz CT molecular complexity index is 216. The molecular weight excluding hydrogens is 260 g/mol. The van der Waals surface area contributed by atoms with Gasteiger partial charge in [-0.05, 0) is 37.8 Å². The second kappa shape index (κ2) is 7.23. The molecule has 0 aromatic heterocycles. The molecule has 1 fully saturated rings. The molecule has 1 saturated carbocycles. The van der Waals surface area contributed by atoms with Gasteiger partial charge in [-0.15, -0.1) is 0 Å². The van der Waals surface area contributed by atoms with Crippen LogP contribution >= 0.6 is 0 Å². The normalized spacial score (nSPS) is 20.8. The van der Waals surface area contributed by atoms with Gasteiger partial charge in [0.25, 0.3) is 0 Å². The summed E-state index contributed by atoms with van der Waals surface area (Å²) in [6, 6.07) is 1.28. The Balaban J connectivity index is 2.49. The quantitative estimate of drug-likeness (QED) is 0.693.